The van der Waals surface area contributed by atoms with Gasteiger partial charge in [0.2, 0.25) is 0 Å². The lowest BCUT2D eigenvalue weighted by atomic mass is 10.1. The van der Waals surface area contributed by atoms with E-state index >= 15 is 0 Å². The van der Waals surface area contributed by atoms with Gasteiger partial charge in [-0.25, -0.2) is 0 Å². The van der Waals surface area contributed by atoms with E-state index in [0.29, 0.717) is 11.4 Å². The highest BCUT2D eigenvalue weighted by atomic mass is 16.5. The minimum atomic E-state index is -0.452. The highest BCUT2D eigenvalue weighted by Gasteiger charge is 2.09. The molecule has 0 aliphatic rings. The van der Waals surface area contributed by atoms with Crippen LogP contribution in [0.15, 0.2) is 60.2 Å². The summed E-state index contributed by atoms with van der Waals surface area (Å²) in [6.07, 6.45) is 6.64. The summed E-state index contributed by atoms with van der Waals surface area (Å²) < 4.78 is 5.27. The summed E-state index contributed by atoms with van der Waals surface area (Å²) in [5.41, 5.74) is 1.38. The Bertz CT molecular complexity index is 779. The zero-order chi connectivity index (χ0) is 16.5. The Hall–Kier alpha value is -3.50. The van der Waals surface area contributed by atoms with Crippen LogP contribution in [0.1, 0.15) is 5.56 Å². The van der Waals surface area contributed by atoms with E-state index in [1.807, 2.05) is 12.1 Å². The third-order valence-corrected chi connectivity index (χ3v) is 2.91. The van der Waals surface area contributed by atoms with Crippen LogP contribution in [0.3, 0.4) is 0 Å². The Morgan fingerprint density at radius 1 is 1.17 bits per heavy atom. The van der Waals surface area contributed by atoms with E-state index in [2.05, 4.69) is 11.2 Å². The first-order valence-corrected chi connectivity index (χ1v) is 6.87. The zero-order valence-corrected chi connectivity index (χ0v) is 12.3. The third-order valence-electron chi connectivity index (χ3n) is 2.91. The van der Waals surface area contributed by atoms with E-state index in [1.165, 1.54) is 6.08 Å². The van der Waals surface area contributed by atoms with Crippen molar-refractivity contribution < 1.29 is 9.53 Å². The number of rotatable bonds is 5. The minimum absolute atomic E-state index is 0.0196. The van der Waals surface area contributed by atoms with Crippen molar-refractivity contribution in [3.05, 3.63) is 65.7 Å². The molecule has 0 aromatic heterocycles. The van der Waals surface area contributed by atoms with E-state index in [1.54, 1.807) is 48.5 Å². The largest absolute Gasteiger partial charge is 0.481 e. The number of nitriles is 1. The van der Waals surface area contributed by atoms with Crippen LogP contribution in [0, 0.1) is 23.7 Å². The number of carbonyl (C=O) groups is 1. The molecule has 1 N–H and O–H groups in total. The molecule has 0 spiro atoms. The maximum absolute atomic E-state index is 12.1. The lowest BCUT2D eigenvalue weighted by molar-refractivity contribution is -0.112. The van der Waals surface area contributed by atoms with Gasteiger partial charge in [-0.3, -0.25) is 4.79 Å². The number of hydrogen-bond donors (Lipinski definition) is 1. The number of amides is 1. The van der Waals surface area contributed by atoms with Crippen molar-refractivity contribution in [3.63, 3.8) is 0 Å². The summed E-state index contributed by atoms with van der Waals surface area (Å²) in [4.78, 5) is 12.1. The molecule has 0 atom stereocenters. The molecule has 0 saturated carbocycles. The molecule has 4 nitrogen and oxygen atoms in total. The van der Waals surface area contributed by atoms with Crippen LogP contribution < -0.4 is 10.1 Å². The average Bonchev–Trinajstić information content (AvgIpc) is 2.59. The molecule has 0 aliphatic heterocycles. The first kappa shape index (κ1) is 15.9. The maximum Gasteiger partial charge on any atom is 0.266 e. The fraction of sp³-hybridized carbons (Fsp3) is 0.0526. The van der Waals surface area contributed by atoms with Gasteiger partial charge in [0.15, 0.2) is 0 Å². The van der Waals surface area contributed by atoms with Crippen molar-refractivity contribution in [1.29, 1.82) is 5.26 Å². The van der Waals surface area contributed by atoms with Crippen molar-refractivity contribution in [1.82, 2.24) is 0 Å². The quantitative estimate of drug-likeness (QED) is 0.524. The van der Waals surface area contributed by atoms with Crippen molar-refractivity contribution in [2.75, 3.05) is 11.9 Å². The first-order chi connectivity index (χ1) is 11.2. The van der Waals surface area contributed by atoms with E-state index in [0.717, 1.165) is 5.56 Å². The molecular weight excluding hydrogens is 288 g/mol. The predicted octanol–water partition coefficient (Wildman–Crippen LogP) is 3.24. The molecule has 2 aromatic rings. The average molecular weight is 302 g/mol. The molecule has 0 radical (unpaired) electrons. The molecule has 23 heavy (non-hydrogen) atoms. The van der Waals surface area contributed by atoms with Crippen LogP contribution >= 0.6 is 0 Å². The van der Waals surface area contributed by atoms with Gasteiger partial charge in [-0.05, 0) is 35.9 Å². The normalized spacial score (nSPS) is 10.3. The second kappa shape index (κ2) is 8.07. The number of nitrogens with zero attached hydrogens (tertiary/aromatic N) is 1. The van der Waals surface area contributed by atoms with E-state index in [-0.39, 0.29) is 12.2 Å². The second-order valence-electron chi connectivity index (χ2n) is 4.55. The van der Waals surface area contributed by atoms with Crippen LogP contribution in [0.5, 0.6) is 5.75 Å². The molecule has 0 heterocycles. The fourth-order valence-electron chi connectivity index (χ4n) is 1.82. The molecule has 112 valence electrons. The number of nitrogens with one attached hydrogen (secondary N) is 1. The van der Waals surface area contributed by atoms with Gasteiger partial charge in [0, 0.05) is 5.69 Å². The molecule has 0 fully saturated rings. The van der Waals surface area contributed by atoms with Crippen molar-refractivity contribution in [2.45, 2.75) is 0 Å². The molecule has 1 amide bonds. The van der Waals surface area contributed by atoms with E-state index < -0.39 is 5.91 Å². The monoisotopic (exact) mass is 302 g/mol. The van der Waals surface area contributed by atoms with Crippen LogP contribution in [0.4, 0.5) is 5.69 Å². The SMILES string of the molecule is C#CCOc1ccc(C=C(C#N)C(=O)Nc2ccccc2)cc1. The number of anilines is 1. The third kappa shape index (κ3) is 4.77. The van der Waals surface area contributed by atoms with Gasteiger partial charge < -0.3 is 10.1 Å². The number of carbonyl (C=O) groups excluding carboxylic acids is 1. The first-order valence-electron chi connectivity index (χ1n) is 6.87. The highest BCUT2D eigenvalue weighted by Crippen LogP contribution is 2.15. The van der Waals surface area contributed by atoms with Gasteiger partial charge in [-0.2, -0.15) is 5.26 Å². The molecule has 0 aliphatic carbocycles. The molecule has 2 rings (SSSR count). The minimum Gasteiger partial charge on any atom is -0.481 e. The summed E-state index contributed by atoms with van der Waals surface area (Å²) in [6.45, 7) is 0.193. The van der Waals surface area contributed by atoms with Crippen molar-refractivity contribution in [3.8, 4) is 24.2 Å². The van der Waals surface area contributed by atoms with E-state index in [9.17, 15) is 10.1 Å². The van der Waals surface area contributed by atoms with Gasteiger partial charge in [0.05, 0.1) is 0 Å². The molecule has 0 bridgehead atoms. The van der Waals surface area contributed by atoms with Crippen molar-refractivity contribution >= 4 is 17.7 Å². The fourth-order valence-corrected chi connectivity index (χ4v) is 1.82. The zero-order valence-electron chi connectivity index (χ0n) is 12.3. The van der Waals surface area contributed by atoms with Gasteiger partial charge in [0.25, 0.3) is 5.91 Å². The van der Waals surface area contributed by atoms with Crippen LogP contribution in [-0.2, 0) is 4.79 Å². The Morgan fingerprint density at radius 3 is 2.48 bits per heavy atom. The van der Waals surface area contributed by atoms with Crippen LogP contribution in [-0.4, -0.2) is 12.5 Å². The molecular formula is C19H14N2O2. The van der Waals surface area contributed by atoms with Crippen molar-refractivity contribution in [2.24, 2.45) is 0 Å². The maximum atomic E-state index is 12.1. The summed E-state index contributed by atoms with van der Waals surface area (Å²) in [5, 5.41) is 11.9. The summed E-state index contributed by atoms with van der Waals surface area (Å²) >= 11 is 0. The van der Waals surface area contributed by atoms with Crippen LogP contribution in [0.25, 0.3) is 6.08 Å². The molecule has 4 heteroatoms. The van der Waals surface area contributed by atoms with Gasteiger partial charge in [-0.1, -0.05) is 36.3 Å². The number of hydrogen-bond acceptors (Lipinski definition) is 3. The summed E-state index contributed by atoms with van der Waals surface area (Å²) in [7, 11) is 0. The summed E-state index contributed by atoms with van der Waals surface area (Å²) in [5.74, 6) is 2.56. The lowest BCUT2D eigenvalue weighted by Crippen LogP contribution is -2.13. The Kier molecular flexibility index (Phi) is 5.57. The smallest absolute Gasteiger partial charge is 0.266 e. The second-order valence-corrected chi connectivity index (χ2v) is 4.55. The Balaban J connectivity index is 2.10. The highest BCUT2D eigenvalue weighted by molar-refractivity contribution is 6.09. The number of ether oxygens (including phenoxy) is 1. The molecule has 0 saturated heterocycles. The Labute approximate surface area is 135 Å². The van der Waals surface area contributed by atoms with E-state index in [4.69, 9.17) is 11.2 Å². The molecule has 0 unspecified atom stereocenters. The molecule has 2 aromatic carbocycles. The predicted molar refractivity (Wildman–Crippen MR) is 89.4 cm³/mol. The number of para-hydroxylation sites is 1. The number of benzene rings is 2. The topological polar surface area (TPSA) is 62.1 Å². The van der Waals surface area contributed by atoms with Gasteiger partial charge in [-0.15, -0.1) is 6.42 Å². The summed E-state index contributed by atoms with van der Waals surface area (Å²) in [6, 6.07) is 17.8. The Morgan fingerprint density at radius 2 is 1.87 bits per heavy atom. The van der Waals surface area contributed by atoms with Crippen LogP contribution in [0.2, 0.25) is 0 Å². The lowest BCUT2D eigenvalue weighted by Gasteiger charge is -2.04. The number of terminal acetylenes is 1. The van der Waals surface area contributed by atoms with Gasteiger partial charge in [0.1, 0.15) is 24.0 Å². The van der Waals surface area contributed by atoms with Gasteiger partial charge >= 0.3 is 0 Å². The standard InChI is InChI=1S/C19H14N2O2/c1-2-12-23-18-10-8-15(9-11-18)13-16(14-20)19(22)21-17-6-4-3-5-7-17/h1,3-11,13H,12H2,(H,21,22).